The second-order valence-corrected chi connectivity index (χ2v) is 6.12. The van der Waals surface area contributed by atoms with E-state index in [1.54, 1.807) is 13.2 Å². The number of aromatic carboxylic acids is 1. The molecule has 1 fully saturated rings. The van der Waals surface area contributed by atoms with Gasteiger partial charge in [0.15, 0.2) is 0 Å². The van der Waals surface area contributed by atoms with Crippen LogP contribution in [0.25, 0.3) is 0 Å². The van der Waals surface area contributed by atoms with Crippen molar-refractivity contribution in [3.8, 4) is 0 Å². The number of halogens is 1. The lowest BCUT2D eigenvalue weighted by atomic mass is 9.64. The SMILES string of the molecule is COC1CC(Nc2c(Cl)cc(N)cc2C(=O)O)C1(C)C. The van der Waals surface area contributed by atoms with E-state index >= 15 is 0 Å². The zero-order valence-corrected chi connectivity index (χ0v) is 12.5. The van der Waals surface area contributed by atoms with Crippen molar-refractivity contribution in [1.82, 2.24) is 0 Å². The Morgan fingerprint density at radius 1 is 1.55 bits per heavy atom. The third-order valence-electron chi connectivity index (χ3n) is 4.12. The average molecular weight is 299 g/mol. The molecule has 1 aromatic rings. The van der Waals surface area contributed by atoms with Crippen LogP contribution in [-0.2, 0) is 4.74 Å². The smallest absolute Gasteiger partial charge is 0.337 e. The molecule has 4 N–H and O–H groups in total. The molecule has 1 aliphatic rings. The van der Waals surface area contributed by atoms with Crippen LogP contribution in [0.1, 0.15) is 30.6 Å². The van der Waals surface area contributed by atoms with Crippen molar-refractivity contribution in [1.29, 1.82) is 0 Å². The molecule has 2 unspecified atom stereocenters. The molecule has 0 aromatic heterocycles. The Kier molecular flexibility index (Phi) is 3.84. The van der Waals surface area contributed by atoms with Crippen LogP contribution < -0.4 is 11.1 Å². The molecule has 1 aliphatic carbocycles. The Hall–Kier alpha value is -1.46. The summed E-state index contributed by atoms with van der Waals surface area (Å²) in [4.78, 5) is 11.3. The molecule has 0 heterocycles. The van der Waals surface area contributed by atoms with Crippen molar-refractivity contribution in [2.45, 2.75) is 32.4 Å². The molecule has 0 radical (unpaired) electrons. The number of benzene rings is 1. The molecular weight excluding hydrogens is 280 g/mol. The minimum atomic E-state index is -1.05. The normalized spacial score (nSPS) is 24.0. The largest absolute Gasteiger partial charge is 0.478 e. The molecule has 0 spiro atoms. The number of hydrogen-bond donors (Lipinski definition) is 3. The number of hydrogen-bond acceptors (Lipinski definition) is 4. The predicted molar refractivity (Wildman–Crippen MR) is 79.4 cm³/mol. The van der Waals surface area contributed by atoms with Crippen molar-refractivity contribution < 1.29 is 14.6 Å². The Bertz CT molecular complexity index is 545. The molecule has 110 valence electrons. The number of carboxylic acids is 1. The summed E-state index contributed by atoms with van der Waals surface area (Å²) >= 11 is 6.13. The second kappa shape index (κ2) is 5.14. The molecule has 0 amide bonds. The minimum absolute atomic E-state index is 0.0881. The van der Waals surface area contributed by atoms with E-state index in [1.165, 1.54) is 6.07 Å². The van der Waals surface area contributed by atoms with Crippen molar-refractivity contribution in [3.63, 3.8) is 0 Å². The predicted octanol–water partition coefficient (Wildman–Crippen LogP) is 2.85. The summed E-state index contributed by atoms with van der Waals surface area (Å²) in [5.41, 5.74) is 6.40. The Balaban J connectivity index is 2.29. The molecule has 5 nitrogen and oxygen atoms in total. The number of nitrogen functional groups attached to an aromatic ring is 1. The molecule has 1 saturated carbocycles. The highest BCUT2D eigenvalue weighted by molar-refractivity contribution is 6.34. The van der Waals surface area contributed by atoms with Gasteiger partial charge >= 0.3 is 5.97 Å². The Morgan fingerprint density at radius 2 is 2.20 bits per heavy atom. The van der Waals surface area contributed by atoms with Gasteiger partial charge in [0.05, 0.1) is 22.4 Å². The molecule has 20 heavy (non-hydrogen) atoms. The van der Waals surface area contributed by atoms with E-state index in [1.807, 2.05) is 0 Å². The topological polar surface area (TPSA) is 84.6 Å². The average Bonchev–Trinajstić information content (AvgIpc) is 2.34. The van der Waals surface area contributed by atoms with E-state index in [2.05, 4.69) is 19.2 Å². The van der Waals surface area contributed by atoms with Crippen molar-refractivity contribution in [2.24, 2.45) is 5.41 Å². The van der Waals surface area contributed by atoms with E-state index in [0.717, 1.165) is 6.42 Å². The number of nitrogens with two attached hydrogens (primary N) is 1. The van der Waals surface area contributed by atoms with Crippen molar-refractivity contribution >= 4 is 28.9 Å². The fourth-order valence-corrected chi connectivity index (χ4v) is 2.93. The first-order chi connectivity index (χ1) is 9.27. The quantitative estimate of drug-likeness (QED) is 0.744. The van der Waals surface area contributed by atoms with E-state index < -0.39 is 5.97 Å². The molecule has 0 aliphatic heterocycles. The molecule has 2 rings (SSSR count). The van der Waals surface area contributed by atoms with Crippen molar-refractivity contribution in [2.75, 3.05) is 18.2 Å². The number of carbonyl (C=O) groups is 1. The Morgan fingerprint density at radius 3 is 2.70 bits per heavy atom. The summed E-state index contributed by atoms with van der Waals surface area (Å²) in [5, 5.41) is 12.8. The lowest BCUT2D eigenvalue weighted by Crippen LogP contribution is -2.57. The van der Waals surface area contributed by atoms with Gasteiger partial charge in [-0.2, -0.15) is 0 Å². The first-order valence-electron chi connectivity index (χ1n) is 6.39. The first kappa shape index (κ1) is 14.9. The molecule has 6 heteroatoms. The van der Waals surface area contributed by atoms with Crippen LogP contribution in [0.4, 0.5) is 11.4 Å². The van der Waals surface area contributed by atoms with Gasteiger partial charge in [0.2, 0.25) is 0 Å². The number of ether oxygens (including phenoxy) is 1. The fraction of sp³-hybridized carbons (Fsp3) is 0.500. The fourth-order valence-electron chi connectivity index (χ4n) is 2.65. The minimum Gasteiger partial charge on any atom is -0.478 e. The summed E-state index contributed by atoms with van der Waals surface area (Å²) in [6, 6.07) is 3.07. The van der Waals surface area contributed by atoms with Crippen LogP contribution in [0.15, 0.2) is 12.1 Å². The highest BCUT2D eigenvalue weighted by Gasteiger charge is 2.48. The maximum Gasteiger partial charge on any atom is 0.337 e. The monoisotopic (exact) mass is 298 g/mol. The maximum atomic E-state index is 11.3. The summed E-state index contributed by atoms with van der Waals surface area (Å²) in [6.45, 7) is 4.15. The highest BCUT2D eigenvalue weighted by atomic mass is 35.5. The van der Waals surface area contributed by atoms with E-state index in [-0.39, 0.29) is 23.1 Å². The van der Waals surface area contributed by atoms with Crippen LogP contribution >= 0.6 is 11.6 Å². The second-order valence-electron chi connectivity index (χ2n) is 5.71. The van der Waals surface area contributed by atoms with Gasteiger partial charge in [-0.25, -0.2) is 4.79 Å². The number of anilines is 2. The van der Waals surface area contributed by atoms with Crippen LogP contribution in [0, 0.1) is 5.41 Å². The zero-order valence-electron chi connectivity index (χ0n) is 11.7. The summed E-state index contributed by atoms with van der Waals surface area (Å²) in [7, 11) is 1.68. The molecule has 2 atom stereocenters. The van der Waals surface area contributed by atoms with Crippen LogP contribution in [0.5, 0.6) is 0 Å². The van der Waals surface area contributed by atoms with Gasteiger partial charge in [-0.05, 0) is 18.6 Å². The molecule has 0 saturated heterocycles. The van der Waals surface area contributed by atoms with Gasteiger partial charge in [0, 0.05) is 24.3 Å². The highest BCUT2D eigenvalue weighted by Crippen LogP contribution is 2.45. The van der Waals surface area contributed by atoms with E-state index in [0.29, 0.717) is 16.4 Å². The number of carboxylic acid groups (broad SMARTS) is 1. The molecular formula is C14H19ClN2O3. The standard InChI is InChI=1S/C14H19ClN2O3/c1-14(2)10(6-11(14)20-3)17-12-8(13(18)19)4-7(16)5-9(12)15/h4-5,10-11,17H,6,16H2,1-3H3,(H,18,19). The van der Waals surface area contributed by atoms with Gasteiger partial charge < -0.3 is 20.9 Å². The van der Waals surface area contributed by atoms with Crippen molar-refractivity contribution in [3.05, 3.63) is 22.7 Å². The van der Waals surface area contributed by atoms with Gasteiger partial charge in [-0.15, -0.1) is 0 Å². The third-order valence-corrected chi connectivity index (χ3v) is 4.42. The summed E-state index contributed by atoms with van der Waals surface area (Å²) in [6.07, 6.45) is 0.962. The lowest BCUT2D eigenvalue weighted by Gasteiger charge is -2.51. The van der Waals surface area contributed by atoms with Gasteiger partial charge in [0.1, 0.15) is 0 Å². The van der Waals surface area contributed by atoms with Crippen LogP contribution in [0.3, 0.4) is 0 Å². The van der Waals surface area contributed by atoms with Gasteiger partial charge in [-0.3, -0.25) is 0 Å². The molecule has 1 aromatic carbocycles. The summed E-state index contributed by atoms with van der Waals surface area (Å²) in [5.74, 6) is -1.05. The van der Waals surface area contributed by atoms with E-state index in [4.69, 9.17) is 22.1 Å². The number of rotatable bonds is 4. The van der Waals surface area contributed by atoms with Gasteiger partial charge in [0.25, 0.3) is 0 Å². The Labute approximate surface area is 123 Å². The first-order valence-corrected chi connectivity index (χ1v) is 6.76. The number of methoxy groups -OCH3 is 1. The lowest BCUT2D eigenvalue weighted by molar-refractivity contribution is -0.0794. The summed E-state index contributed by atoms with van der Waals surface area (Å²) < 4.78 is 5.39. The maximum absolute atomic E-state index is 11.3. The number of nitrogens with one attached hydrogen (secondary N) is 1. The third kappa shape index (κ3) is 2.43. The zero-order chi connectivity index (χ0) is 15.1. The van der Waals surface area contributed by atoms with Crippen LogP contribution in [0.2, 0.25) is 5.02 Å². The molecule has 0 bridgehead atoms. The van der Waals surface area contributed by atoms with Crippen LogP contribution in [-0.4, -0.2) is 30.3 Å². The van der Waals surface area contributed by atoms with Gasteiger partial charge in [-0.1, -0.05) is 25.4 Å². The van der Waals surface area contributed by atoms with E-state index in [9.17, 15) is 9.90 Å².